The Kier molecular flexibility index (Phi) is 8.63. The molecule has 0 unspecified atom stereocenters. The molecule has 0 N–H and O–H groups in total. The molecule has 216 valence electrons. The van der Waals surface area contributed by atoms with Crippen molar-refractivity contribution >= 4 is 21.5 Å². The number of sulfone groups is 1. The lowest BCUT2D eigenvalue weighted by molar-refractivity contribution is -0.153. The number of hydrogen-bond donors (Lipinski definition) is 0. The fourth-order valence-corrected chi connectivity index (χ4v) is 6.07. The molecule has 0 fully saturated rings. The minimum absolute atomic E-state index is 0.0117. The number of carbonyl (C=O) groups excluding carboxylic acids is 1. The van der Waals surface area contributed by atoms with Crippen LogP contribution in [-0.2, 0) is 38.6 Å². The van der Waals surface area contributed by atoms with Crippen molar-refractivity contribution in [1.29, 1.82) is 0 Å². The Bertz CT molecular complexity index is 1630. The second-order valence-corrected chi connectivity index (χ2v) is 11.9. The molecule has 10 heteroatoms. The van der Waals surface area contributed by atoms with E-state index in [1.807, 2.05) is 62.1 Å². The number of benzene rings is 3. The van der Waals surface area contributed by atoms with Crippen LogP contribution in [0.3, 0.4) is 0 Å². The first-order valence-corrected chi connectivity index (χ1v) is 14.4. The molecule has 3 aromatic carbocycles. The van der Waals surface area contributed by atoms with Crippen LogP contribution in [0, 0.1) is 20.8 Å². The first-order chi connectivity index (χ1) is 19.3. The fraction of sp³-hybridized carbons (Fsp3) is 0.258. The van der Waals surface area contributed by atoms with E-state index >= 15 is 0 Å². The van der Waals surface area contributed by atoms with Gasteiger partial charge in [-0.15, -0.1) is 0 Å². The van der Waals surface area contributed by atoms with Gasteiger partial charge in [0.15, 0.2) is 15.6 Å². The van der Waals surface area contributed by atoms with E-state index in [1.165, 1.54) is 18.2 Å². The summed E-state index contributed by atoms with van der Waals surface area (Å²) < 4.78 is 74.3. The molecule has 0 bridgehead atoms. The number of ether oxygens (including phenoxy) is 1. The predicted molar refractivity (Wildman–Crippen MR) is 150 cm³/mol. The number of anilines is 1. The average molecular weight is 586 g/mol. The quantitative estimate of drug-likeness (QED) is 0.196. The Balaban J connectivity index is 1.62. The second-order valence-electron chi connectivity index (χ2n) is 9.93. The third-order valence-corrected chi connectivity index (χ3v) is 8.22. The van der Waals surface area contributed by atoms with Gasteiger partial charge in [-0.2, -0.15) is 13.2 Å². The van der Waals surface area contributed by atoms with Crippen molar-refractivity contribution in [2.24, 2.45) is 0 Å². The van der Waals surface area contributed by atoms with Crippen molar-refractivity contribution in [1.82, 2.24) is 0 Å². The molecular formula is C31H30F3NO5S. The minimum atomic E-state index is -4.56. The number of alkyl halides is 3. The van der Waals surface area contributed by atoms with Crippen molar-refractivity contribution in [3.05, 3.63) is 107 Å². The monoisotopic (exact) mass is 585 g/mol. The van der Waals surface area contributed by atoms with Gasteiger partial charge in [0, 0.05) is 12.2 Å². The molecule has 0 aliphatic rings. The summed E-state index contributed by atoms with van der Waals surface area (Å²) in [7, 11) is -2.73. The molecule has 0 saturated heterocycles. The van der Waals surface area contributed by atoms with Crippen LogP contribution >= 0.6 is 0 Å². The zero-order valence-corrected chi connectivity index (χ0v) is 23.9. The molecule has 1 heterocycles. The van der Waals surface area contributed by atoms with Crippen LogP contribution in [0.25, 0.3) is 11.1 Å². The van der Waals surface area contributed by atoms with E-state index in [-0.39, 0.29) is 17.2 Å². The molecule has 4 aromatic rings. The van der Waals surface area contributed by atoms with E-state index in [0.717, 1.165) is 46.7 Å². The summed E-state index contributed by atoms with van der Waals surface area (Å²) >= 11 is 0. The summed E-state index contributed by atoms with van der Waals surface area (Å²) in [4.78, 5) is 13.5. The summed E-state index contributed by atoms with van der Waals surface area (Å²) in [6, 6.07) is 20.1. The lowest BCUT2D eigenvalue weighted by Gasteiger charge is -2.28. The normalized spacial score (nSPS) is 11.9. The van der Waals surface area contributed by atoms with E-state index in [9.17, 15) is 26.4 Å². The van der Waals surface area contributed by atoms with Crippen LogP contribution in [0.4, 0.5) is 18.9 Å². The molecule has 0 spiro atoms. The van der Waals surface area contributed by atoms with E-state index in [0.29, 0.717) is 12.1 Å². The Hall–Kier alpha value is -4.05. The maximum Gasteiger partial charge on any atom is 0.449 e. The van der Waals surface area contributed by atoms with Crippen molar-refractivity contribution in [2.75, 3.05) is 17.8 Å². The maximum absolute atomic E-state index is 13.2. The molecule has 0 atom stereocenters. The highest BCUT2D eigenvalue weighted by molar-refractivity contribution is 7.92. The number of carbonyl (C=O) groups is 1. The number of hydrogen-bond acceptors (Lipinski definition) is 6. The predicted octanol–water partition coefficient (Wildman–Crippen LogP) is 7.04. The zero-order chi connectivity index (χ0) is 29.9. The van der Waals surface area contributed by atoms with Crippen LogP contribution in [-0.4, -0.2) is 27.2 Å². The zero-order valence-electron chi connectivity index (χ0n) is 23.1. The molecule has 41 heavy (non-hydrogen) atoms. The lowest BCUT2D eigenvalue weighted by atomic mass is 10.0. The van der Waals surface area contributed by atoms with Crippen molar-refractivity contribution in [3.63, 3.8) is 0 Å². The maximum atomic E-state index is 13.2. The standard InChI is InChI=1S/C31H30F3NO5S/c1-20-14-21(2)30(22(3)15-20)35(18-26-12-13-28(40-26)31(32,33)34)17-23-8-10-24(11-9-23)25-6-5-7-27(16-25)41(37,38)19-29(36)39-4/h5-16H,17-19H2,1-4H3. The highest BCUT2D eigenvalue weighted by Crippen LogP contribution is 2.34. The Labute approximate surface area is 237 Å². The first kappa shape index (κ1) is 29.9. The van der Waals surface area contributed by atoms with Crippen LogP contribution in [0.15, 0.2) is 82.1 Å². The van der Waals surface area contributed by atoms with E-state index in [4.69, 9.17) is 4.42 Å². The van der Waals surface area contributed by atoms with Gasteiger partial charge in [0.05, 0.1) is 18.6 Å². The van der Waals surface area contributed by atoms with Crippen LogP contribution < -0.4 is 4.90 Å². The second kappa shape index (κ2) is 11.8. The summed E-state index contributed by atoms with van der Waals surface area (Å²) in [5.74, 6) is -2.43. The largest absolute Gasteiger partial charge is 0.468 e. The number of furan rings is 1. The Morgan fingerprint density at radius 3 is 2.12 bits per heavy atom. The lowest BCUT2D eigenvalue weighted by Crippen LogP contribution is -2.23. The highest BCUT2D eigenvalue weighted by Gasteiger charge is 2.35. The van der Waals surface area contributed by atoms with E-state index < -0.39 is 33.5 Å². The molecule has 0 saturated carbocycles. The molecule has 0 aliphatic heterocycles. The van der Waals surface area contributed by atoms with E-state index in [1.54, 1.807) is 12.1 Å². The van der Waals surface area contributed by atoms with Gasteiger partial charge < -0.3 is 14.1 Å². The molecular weight excluding hydrogens is 555 g/mol. The first-order valence-electron chi connectivity index (χ1n) is 12.7. The number of rotatable bonds is 9. The average Bonchev–Trinajstić information content (AvgIpc) is 3.37. The van der Waals surface area contributed by atoms with Crippen molar-refractivity contribution < 1.29 is 35.5 Å². The minimum Gasteiger partial charge on any atom is -0.468 e. The highest BCUT2D eigenvalue weighted by atomic mass is 32.2. The number of nitrogens with zero attached hydrogens (tertiary/aromatic N) is 1. The van der Waals surface area contributed by atoms with Gasteiger partial charge in [-0.1, -0.05) is 54.1 Å². The molecule has 6 nitrogen and oxygen atoms in total. The third-order valence-electron chi connectivity index (χ3n) is 6.63. The molecule has 0 aliphatic carbocycles. The van der Waals surface area contributed by atoms with Gasteiger partial charge in [0.1, 0.15) is 5.76 Å². The third kappa shape index (κ3) is 7.18. The van der Waals surface area contributed by atoms with Gasteiger partial charge in [0.25, 0.3) is 0 Å². The smallest absolute Gasteiger partial charge is 0.449 e. The van der Waals surface area contributed by atoms with Crippen molar-refractivity contribution in [2.45, 2.75) is 44.9 Å². The number of methoxy groups -OCH3 is 1. The number of halogens is 3. The summed E-state index contributed by atoms with van der Waals surface area (Å²) in [6.45, 7) is 6.44. The van der Waals surface area contributed by atoms with Gasteiger partial charge in [0.2, 0.25) is 5.76 Å². The van der Waals surface area contributed by atoms with Crippen LogP contribution in [0.2, 0.25) is 0 Å². The summed E-state index contributed by atoms with van der Waals surface area (Å²) in [6.07, 6.45) is -4.56. The van der Waals surface area contributed by atoms with Crippen LogP contribution in [0.5, 0.6) is 0 Å². The summed E-state index contributed by atoms with van der Waals surface area (Å²) in [5, 5.41) is 0. The molecule has 1 aromatic heterocycles. The Morgan fingerprint density at radius 1 is 0.878 bits per heavy atom. The summed E-state index contributed by atoms with van der Waals surface area (Å²) in [5.41, 5.74) is 6.29. The van der Waals surface area contributed by atoms with Gasteiger partial charge >= 0.3 is 12.1 Å². The van der Waals surface area contributed by atoms with Gasteiger partial charge in [-0.3, -0.25) is 4.79 Å². The topological polar surface area (TPSA) is 76.8 Å². The van der Waals surface area contributed by atoms with E-state index in [2.05, 4.69) is 4.74 Å². The molecule has 0 radical (unpaired) electrons. The molecule has 0 amide bonds. The van der Waals surface area contributed by atoms with Gasteiger partial charge in [-0.25, -0.2) is 8.42 Å². The van der Waals surface area contributed by atoms with Gasteiger partial charge in [-0.05, 0) is 72.9 Å². The van der Waals surface area contributed by atoms with Crippen LogP contribution in [0.1, 0.15) is 33.8 Å². The fourth-order valence-electron chi connectivity index (χ4n) is 4.88. The Morgan fingerprint density at radius 2 is 1.54 bits per heavy atom. The SMILES string of the molecule is COC(=O)CS(=O)(=O)c1cccc(-c2ccc(CN(Cc3ccc(C(F)(F)F)o3)c3c(C)cc(C)cc3C)cc2)c1. The molecule has 4 rings (SSSR count). The number of aryl methyl sites for hydroxylation is 3. The number of esters is 1. The van der Waals surface area contributed by atoms with Crippen molar-refractivity contribution in [3.8, 4) is 11.1 Å².